The van der Waals surface area contributed by atoms with Crippen molar-refractivity contribution in [3.05, 3.63) is 11.6 Å². The molecule has 0 amide bonds. The maximum absolute atomic E-state index is 10.9. The number of hydrogen-bond donors (Lipinski definition) is 1. The molecule has 0 spiro atoms. The Hall–Kier alpha value is 0.400. The molecule has 1 fully saturated rings. The van der Waals surface area contributed by atoms with Gasteiger partial charge in [-0.15, -0.1) is 23.5 Å². The van der Waals surface area contributed by atoms with Gasteiger partial charge in [-0.05, 0) is 63.0 Å². The molecule has 0 saturated carbocycles. The lowest BCUT2D eigenvalue weighted by atomic mass is 9.84. The summed E-state index contributed by atoms with van der Waals surface area (Å²) in [5, 5.41) is 10.9. The molecule has 1 aliphatic heterocycles. The van der Waals surface area contributed by atoms with Gasteiger partial charge in [-0.1, -0.05) is 6.08 Å². The minimum atomic E-state index is -0.636. The van der Waals surface area contributed by atoms with Crippen LogP contribution in [-0.4, -0.2) is 26.3 Å². The van der Waals surface area contributed by atoms with Crippen molar-refractivity contribution < 1.29 is 5.11 Å². The van der Waals surface area contributed by atoms with Crippen LogP contribution < -0.4 is 0 Å². The highest BCUT2D eigenvalue weighted by Crippen LogP contribution is 2.52. The highest BCUT2D eigenvalue weighted by molar-refractivity contribution is 8.18. The van der Waals surface area contributed by atoms with E-state index in [0.717, 1.165) is 12.8 Å². The summed E-state index contributed by atoms with van der Waals surface area (Å²) < 4.78 is -0.0472. The summed E-state index contributed by atoms with van der Waals surface area (Å²) >= 11 is 3.88. The van der Waals surface area contributed by atoms with Gasteiger partial charge in [-0.2, -0.15) is 0 Å². The van der Waals surface area contributed by atoms with Crippen LogP contribution in [0.2, 0.25) is 0 Å². The fourth-order valence-corrected chi connectivity index (χ4v) is 5.68. The quantitative estimate of drug-likeness (QED) is 0.760. The van der Waals surface area contributed by atoms with Gasteiger partial charge in [0.1, 0.15) is 5.60 Å². The van der Waals surface area contributed by atoms with Crippen LogP contribution in [-0.2, 0) is 0 Å². The van der Waals surface area contributed by atoms with Crippen molar-refractivity contribution in [2.75, 3.05) is 11.5 Å². The number of aliphatic hydroxyl groups is 1. The molecule has 16 heavy (non-hydrogen) atoms. The molecule has 0 aromatic heterocycles. The Kier molecular flexibility index (Phi) is 3.97. The Labute approximate surface area is 107 Å². The van der Waals surface area contributed by atoms with Crippen molar-refractivity contribution in [1.29, 1.82) is 0 Å². The maximum atomic E-state index is 10.9. The van der Waals surface area contributed by atoms with Crippen molar-refractivity contribution in [2.24, 2.45) is 0 Å². The van der Waals surface area contributed by atoms with Gasteiger partial charge in [0.25, 0.3) is 0 Å². The van der Waals surface area contributed by atoms with Crippen LogP contribution >= 0.6 is 23.5 Å². The van der Waals surface area contributed by atoms with Crippen molar-refractivity contribution in [2.45, 2.75) is 55.6 Å². The monoisotopic (exact) mass is 258 g/mol. The van der Waals surface area contributed by atoms with Crippen LogP contribution in [0.3, 0.4) is 0 Å². The van der Waals surface area contributed by atoms with E-state index in [2.05, 4.69) is 13.0 Å². The molecule has 2 rings (SSSR count). The third-order valence-corrected chi connectivity index (χ3v) is 7.43. The van der Waals surface area contributed by atoms with Crippen molar-refractivity contribution in [3.8, 4) is 0 Å². The van der Waals surface area contributed by atoms with Gasteiger partial charge in [0, 0.05) is 0 Å². The molecular formula is C13H22OS2. The minimum Gasteiger partial charge on any atom is -0.383 e. The molecule has 1 heterocycles. The largest absolute Gasteiger partial charge is 0.383 e. The summed E-state index contributed by atoms with van der Waals surface area (Å²) in [5.74, 6) is 2.37. The second-order valence-electron chi connectivity index (χ2n) is 5.04. The predicted octanol–water partition coefficient (Wildman–Crippen LogP) is 3.82. The Balaban J connectivity index is 2.18. The molecule has 3 heteroatoms. The average molecular weight is 258 g/mol. The maximum Gasteiger partial charge on any atom is 0.106 e. The summed E-state index contributed by atoms with van der Waals surface area (Å²) in [7, 11) is 0. The number of hydrogen-bond acceptors (Lipinski definition) is 3. The van der Waals surface area contributed by atoms with E-state index in [1.165, 1.54) is 36.3 Å². The molecule has 92 valence electrons. The Bertz CT molecular complexity index is 278. The number of allylic oxidation sites excluding steroid dienone is 1. The lowest BCUT2D eigenvalue weighted by molar-refractivity contribution is 0.0845. The van der Waals surface area contributed by atoms with Gasteiger partial charge >= 0.3 is 0 Å². The predicted molar refractivity (Wildman–Crippen MR) is 75.1 cm³/mol. The van der Waals surface area contributed by atoms with E-state index in [9.17, 15) is 5.11 Å². The normalized spacial score (nSPS) is 29.3. The Morgan fingerprint density at radius 1 is 1.25 bits per heavy atom. The highest BCUT2D eigenvalue weighted by Gasteiger charge is 2.47. The first-order valence-corrected chi connectivity index (χ1v) is 8.23. The van der Waals surface area contributed by atoms with Gasteiger partial charge < -0.3 is 5.11 Å². The van der Waals surface area contributed by atoms with Crippen molar-refractivity contribution in [3.63, 3.8) is 0 Å². The molecule has 0 aromatic rings. The second kappa shape index (κ2) is 4.95. The van der Waals surface area contributed by atoms with E-state index in [0.29, 0.717) is 0 Å². The fraction of sp³-hybridized carbons (Fsp3) is 0.846. The zero-order valence-corrected chi connectivity index (χ0v) is 11.9. The van der Waals surface area contributed by atoms with Crippen LogP contribution in [0.4, 0.5) is 0 Å². The van der Waals surface area contributed by atoms with Gasteiger partial charge in [-0.3, -0.25) is 0 Å². The smallest absolute Gasteiger partial charge is 0.106 e. The van der Waals surface area contributed by atoms with Gasteiger partial charge in [0.2, 0.25) is 0 Å². The number of thioether (sulfide) groups is 2. The van der Waals surface area contributed by atoms with Gasteiger partial charge in [-0.25, -0.2) is 0 Å². The first-order chi connectivity index (χ1) is 7.56. The van der Waals surface area contributed by atoms with E-state index < -0.39 is 5.60 Å². The molecule has 2 aliphatic rings. The third kappa shape index (κ3) is 2.32. The first-order valence-electron chi connectivity index (χ1n) is 6.26. The van der Waals surface area contributed by atoms with Crippen molar-refractivity contribution >= 4 is 23.5 Å². The highest BCUT2D eigenvalue weighted by atomic mass is 32.2. The first kappa shape index (κ1) is 12.8. The zero-order valence-electron chi connectivity index (χ0n) is 10.3. The van der Waals surface area contributed by atoms with E-state index in [4.69, 9.17) is 0 Å². The molecule has 1 N–H and O–H groups in total. The van der Waals surface area contributed by atoms with Crippen LogP contribution in [0.1, 0.15) is 46.0 Å². The average Bonchev–Trinajstić information content (AvgIpc) is 2.31. The molecule has 0 bridgehead atoms. The molecule has 1 saturated heterocycles. The van der Waals surface area contributed by atoms with Crippen LogP contribution in [0.15, 0.2) is 11.6 Å². The SMILES string of the molecule is CC1([C@@](C)(O)C2=CCCCC2)SCCCS1. The number of rotatable bonds is 2. The molecule has 1 aliphatic carbocycles. The van der Waals surface area contributed by atoms with E-state index in [1.807, 2.05) is 30.4 Å². The van der Waals surface area contributed by atoms with E-state index in [-0.39, 0.29) is 4.08 Å². The zero-order chi connectivity index (χ0) is 11.6. The third-order valence-electron chi connectivity index (χ3n) is 3.84. The summed E-state index contributed by atoms with van der Waals surface area (Å²) in [4.78, 5) is 0. The second-order valence-corrected chi connectivity index (χ2v) is 8.33. The topological polar surface area (TPSA) is 20.2 Å². The summed E-state index contributed by atoms with van der Waals surface area (Å²) in [6.07, 6.45) is 8.33. The summed E-state index contributed by atoms with van der Waals surface area (Å²) in [6.45, 7) is 4.24. The molecule has 1 nitrogen and oxygen atoms in total. The minimum absolute atomic E-state index is 0.0472. The van der Waals surface area contributed by atoms with Crippen LogP contribution in [0.5, 0.6) is 0 Å². The molecular weight excluding hydrogens is 236 g/mol. The van der Waals surface area contributed by atoms with E-state index >= 15 is 0 Å². The molecule has 1 atom stereocenters. The lowest BCUT2D eigenvalue weighted by Crippen LogP contribution is -2.48. The lowest BCUT2D eigenvalue weighted by Gasteiger charge is -2.46. The van der Waals surface area contributed by atoms with E-state index in [1.54, 1.807) is 0 Å². The Morgan fingerprint density at radius 3 is 2.50 bits per heavy atom. The molecule has 0 aromatic carbocycles. The molecule has 0 unspecified atom stereocenters. The standard InChI is InChI=1S/C13H22OS2/c1-12(14,11-7-4-3-5-8-11)13(2)15-9-6-10-16-13/h7,14H,3-6,8-10H2,1-2H3/t12-/m0/s1. The Morgan fingerprint density at radius 2 is 1.94 bits per heavy atom. The van der Waals surface area contributed by atoms with Crippen LogP contribution in [0.25, 0.3) is 0 Å². The summed E-state index contributed by atoms with van der Waals surface area (Å²) in [5.41, 5.74) is 0.645. The van der Waals surface area contributed by atoms with Crippen molar-refractivity contribution in [1.82, 2.24) is 0 Å². The summed E-state index contributed by atoms with van der Waals surface area (Å²) in [6, 6.07) is 0. The fourth-order valence-electron chi connectivity index (χ4n) is 2.49. The van der Waals surface area contributed by atoms with Gasteiger partial charge in [0.05, 0.1) is 4.08 Å². The van der Waals surface area contributed by atoms with Gasteiger partial charge in [0.15, 0.2) is 0 Å². The molecule has 0 radical (unpaired) electrons. The van der Waals surface area contributed by atoms with Crippen LogP contribution in [0, 0.1) is 0 Å².